The summed E-state index contributed by atoms with van der Waals surface area (Å²) in [5.74, 6) is 1.00. The van der Waals surface area contributed by atoms with Gasteiger partial charge in [-0.15, -0.1) is 0 Å². The lowest BCUT2D eigenvalue weighted by Crippen LogP contribution is -2.34. The van der Waals surface area contributed by atoms with Crippen LogP contribution >= 0.6 is 0 Å². The van der Waals surface area contributed by atoms with Crippen LogP contribution in [0.15, 0.2) is 18.2 Å². The lowest BCUT2D eigenvalue weighted by Gasteiger charge is -2.33. The number of benzene rings is 1. The Hall–Kier alpha value is -2.04. The molecule has 0 aliphatic carbocycles. The Bertz CT molecular complexity index is 538. The van der Waals surface area contributed by atoms with Crippen molar-refractivity contribution in [3.05, 3.63) is 23.8 Å². The third-order valence-electron chi connectivity index (χ3n) is 4.20. The highest BCUT2D eigenvalue weighted by Crippen LogP contribution is 2.39. The number of hydrogen-bond acceptors (Lipinski definition) is 5. The molecule has 23 heavy (non-hydrogen) atoms. The largest absolute Gasteiger partial charge is 0.493 e. The number of ether oxygens (including phenoxy) is 3. The van der Waals surface area contributed by atoms with Crippen molar-refractivity contribution in [3.63, 3.8) is 0 Å². The number of carbonyl (C=O) groups is 2. The second-order valence-corrected chi connectivity index (χ2v) is 5.83. The molecule has 0 heterocycles. The van der Waals surface area contributed by atoms with Gasteiger partial charge in [-0.05, 0) is 36.5 Å². The van der Waals surface area contributed by atoms with Gasteiger partial charge in [-0.2, -0.15) is 0 Å². The molecule has 1 rings (SSSR count). The third kappa shape index (κ3) is 4.47. The van der Waals surface area contributed by atoms with E-state index in [2.05, 4.69) is 0 Å². The van der Waals surface area contributed by atoms with Crippen molar-refractivity contribution < 1.29 is 23.8 Å². The van der Waals surface area contributed by atoms with Gasteiger partial charge in [0.1, 0.15) is 6.29 Å². The van der Waals surface area contributed by atoms with Crippen LogP contribution in [-0.4, -0.2) is 33.1 Å². The normalized spacial score (nSPS) is 13.3. The van der Waals surface area contributed by atoms with Crippen LogP contribution in [0.5, 0.6) is 11.5 Å². The first-order valence-electron chi connectivity index (χ1n) is 7.73. The summed E-state index contributed by atoms with van der Waals surface area (Å²) in [4.78, 5) is 22.8. The molecule has 0 unspecified atom stereocenters. The van der Waals surface area contributed by atoms with Crippen LogP contribution in [0.1, 0.15) is 39.2 Å². The third-order valence-corrected chi connectivity index (χ3v) is 4.20. The molecule has 0 spiro atoms. The minimum atomic E-state index is -0.653. The van der Waals surface area contributed by atoms with Gasteiger partial charge in [0.05, 0.1) is 26.2 Å². The van der Waals surface area contributed by atoms with Crippen molar-refractivity contribution in [2.24, 2.45) is 5.92 Å². The molecule has 0 fully saturated rings. The van der Waals surface area contributed by atoms with Crippen LogP contribution in [0, 0.1) is 5.92 Å². The maximum atomic E-state index is 12.0. The summed E-state index contributed by atoms with van der Waals surface area (Å²) < 4.78 is 15.6. The van der Waals surface area contributed by atoms with Gasteiger partial charge >= 0.3 is 5.97 Å². The minimum absolute atomic E-state index is 0.0930. The lowest BCUT2D eigenvalue weighted by molar-refractivity contribution is -0.141. The molecule has 0 bridgehead atoms. The molecule has 1 atom stereocenters. The second-order valence-electron chi connectivity index (χ2n) is 5.83. The molecular weight excluding hydrogens is 296 g/mol. The van der Waals surface area contributed by atoms with E-state index < -0.39 is 5.41 Å². The Kier molecular flexibility index (Phi) is 7.07. The molecule has 0 saturated heterocycles. The van der Waals surface area contributed by atoms with E-state index >= 15 is 0 Å². The highest BCUT2D eigenvalue weighted by Gasteiger charge is 2.35. The number of hydrogen-bond donors (Lipinski definition) is 0. The Balaban J connectivity index is 3.10. The first kappa shape index (κ1) is 19.0. The first-order chi connectivity index (χ1) is 10.9. The van der Waals surface area contributed by atoms with Crippen molar-refractivity contribution in [2.75, 3.05) is 20.8 Å². The van der Waals surface area contributed by atoms with Crippen molar-refractivity contribution in [3.8, 4) is 11.5 Å². The zero-order chi connectivity index (χ0) is 17.5. The van der Waals surface area contributed by atoms with Crippen LogP contribution < -0.4 is 9.47 Å². The smallest absolute Gasteiger partial charge is 0.302 e. The van der Waals surface area contributed by atoms with Gasteiger partial charge in [0.2, 0.25) is 0 Å². The molecule has 1 aromatic carbocycles. The Morgan fingerprint density at radius 1 is 1.22 bits per heavy atom. The highest BCUT2D eigenvalue weighted by molar-refractivity contribution is 5.70. The summed E-state index contributed by atoms with van der Waals surface area (Å²) in [7, 11) is 3.15. The summed E-state index contributed by atoms with van der Waals surface area (Å²) in [6.45, 7) is 5.71. The Morgan fingerprint density at radius 2 is 1.87 bits per heavy atom. The molecule has 0 aromatic heterocycles. The number of aldehydes is 1. The zero-order valence-corrected chi connectivity index (χ0v) is 14.5. The summed E-state index contributed by atoms with van der Waals surface area (Å²) in [5.41, 5.74) is 0.225. The molecule has 0 amide bonds. The van der Waals surface area contributed by atoms with Crippen molar-refractivity contribution >= 4 is 12.3 Å². The van der Waals surface area contributed by atoms with Crippen LogP contribution in [0.25, 0.3) is 0 Å². The number of rotatable bonds is 9. The summed E-state index contributed by atoms with van der Waals surface area (Å²) in [6, 6.07) is 5.54. The first-order valence-corrected chi connectivity index (χ1v) is 7.73. The van der Waals surface area contributed by atoms with E-state index in [0.29, 0.717) is 30.9 Å². The molecule has 0 saturated carbocycles. The van der Waals surface area contributed by atoms with Gasteiger partial charge in [0.15, 0.2) is 11.5 Å². The predicted molar refractivity (Wildman–Crippen MR) is 88.0 cm³/mol. The molecule has 5 nitrogen and oxygen atoms in total. The van der Waals surface area contributed by atoms with E-state index in [1.54, 1.807) is 20.3 Å². The fourth-order valence-electron chi connectivity index (χ4n) is 2.74. The van der Waals surface area contributed by atoms with Gasteiger partial charge in [-0.25, -0.2) is 0 Å². The SMILES string of the molecule is COc1ccc([C@@](C=O)(CCCOC(C)=O)C(C)C)cc1OC. The van der Waals surface area contributed by atoms with Crippen LogP contribution in [0.2, 0.25) is 0 Å². The average molecular weight is 322 g/mol. The van der Waals surface area contributed by atoms with Crippen LogP contribution in [0.3, 0.4) is 0 Å². The second kappa shape index (κ2) is 8.56. The molecular formula is C18H26O5. The molecule has 0 radical (unpaired) electrons. The van der Waals surface area contributed by atoms with Gasteiger partial charge in [-0.3, -0.25) is 4.79 Å². The van der Waals surface area contributed by atoms with E-state index in [-0.39, 0.29) is 11.9 Å². The fraction of sp³-hybridized carbons (Fsp3) is 0.556. The monoisotopic (exact) mass is 322 g/mol. The minimum Gasteiger partial charge on any atom is -0.493 e. The average Bonchev–Trinajstić information content (AvgIpc) is 2.54. The molecule has 5 heteroatoms. The molecule has 0 N–H and O–H groups in total. The molecule has 0 aliphatic heterocycles. The Morgan fingerprint density at radius 3 is 2.35 bits per heavy atom. The van der Waals surface area contributed by atoms with E-state index in [4.69, 9.17) is 14.2 Å². The van der Waals surface area contributed by atoms with Crippen molar-refractivity contribution in [2.45, 2.75) is 39.0 Å². The van der Waals surface area contributed by atoms with Crippen molar-refractivity contribution in [1.29, 1.82) is 0 Å². The Labute approximate surface area is 137 Å². The summed E-state index contributed by atoms with van der Waals surface area (Å²) in [6.07, 6.45) is 2.20. The van der Waals surface area contributed by atoms with Crippen LogP contribution in [0.4, 0.5) is 0 Å². The van der Waals surface area contributed by atoms with Crippen molar-refractivity contribution in [1.82, 2.24) is 0 Å². The maximum Gasteiger partial charge on any atom is 0.302 e. The van der Waals surface area contributed by atoms with E-state index in [9.17, 15) is 9.59 Å². The van der Waals surface area contributed by atoms with Crippen LogP contribution in [-0.2, 0) is 19.7 Å². The van der Waals surface area contributed by atoms with Gasteiger partial charge in [0, 0.05) is 6.92 Å². The number of carbonyl (C=O) groups excluding carboxylic acids is 2. The highest BCUT2D eigenvalue weighted by atomic mass is 16.5. The lowest BCUT2D eigenvalue weighted by atomic mass is 9.70. The number of methoxy groups -OCH3 is 2. The topological polar surface area (TPSA) is 61.8 Å². The molecule has 128 valence electrons. The quantitative estimate of drug-likeness (QED) is 0.397. The van der Waals surface area contributed by atoms with E-state index in [1.165, 1.54) is 6.92 Å². The van der Waals surface area contributed by atoms with Gasteiger partial charge in [0.25, 0.3) is 0 Å². The van der Waals surface area contributed by atoms with Gasteiger partial charge < -0.3 is 19.0 Å². The number of esters is 1. The fourth-order valence-corrected chi connectivity index (χ4v) is 2.74. The predicted octanol–water partition coefficient (Wildman–Crippen LogP) is 3.14. The molecule has 0 aliphatic rings. The maximum absolute atomic E-state index is 12.0. The summed E-state index contributed by atoms with van der Waals surface area (Å²) in [5, 5.41) is 0. The zero-order valence-electron chi connectivity index (χ0n) is 14.5. The molecule has 1 aromatic rings. The van der Waals surface area contributed by atoms with E-state index in [0.717, 1.165) is 11.8 Å². The standard InChI is InChI=1S/C18H26O5/c1-13(2)18(12-19,9-6-10-23-14(3)20)15-7-8-16(21-4)17(11-15)22-5/h7-8,11-13H,6,9-10H2,1-5H3/t18-/m1/s1. The van der Waals surface area contributed by atoms with Gasteiger partial charge in [-0.1, -0.05) is 19.9 Å². The summed E-state index contributed by atoms with van der Waals surface area (Å²) >= 11 is 0. The van der Waals surface area contributed by atoms with E-state index in [1.807, 2.05) is 26.0 Å².